The number of alkyl halides is 2. The summed E-state index contributed by atoms with van der Waals surface area (Å²) in [5.74, 6) is -3.13. The summed E-state index contributed by atoms with van der Waals surface area (Å²) in [6.45, 7) is 2.22. The molecule has 10 heteroatoms. The van der Waals surface area contributed by atoms with Crippen LogP contribution in [-0.2, 0) is 4.79 Å². The van der Waals surface area contributed by atoms with E-state index in [1.807, 2.05) is 25.1 Å². The van der Waals surface area contributed by atoms with Gasteiger partial charge in [-0.05, 0) is 36.1 Å². The van der Waals surface area contributed by atoms with E-state index in [1.165, 1.54) is 0 Å². The molecular weight excluding hydrogens is 403 g/mol. The van der Waals surface area contributed by atoms with E-state index in [2.05, 4.69) is 20.8 Å². The standard InChI is InChI=1S/C21H22BF2N5O2/c1-11-15-7-12(3-5-14(15)19(25)29-28-11)16-8-13(22(2)31)4-6-17(16)27-20(30)18-9-21(23,24)10-26-18/h3-8,18,26,31H,9-10H2,1-2H3,(H2,25,29)(H,27,30)/t18-/m1/s1. The van der Waals surface area contributed by atoms with Crippen LogP contribution in [0, 0.1) is 6.92 Å². The van der Waals surface area contributed by atoms with Gasteiger partial charge in [-0.25, -0.2) is 8.78 Å². The molecule has 1 amide bonds. The molecule has 1 aliphatic rings. The zero-order valence-electron chi connectivity index (χ0n) is 17.1. The number of carbonyl (C=O) groups is 1. The highest BCUT2D eigenvalue weighted by molar-refractivity contribution is 6.64. The number of aryl methyl sites for hydroxylation is 1. The second-order valence-corrected chi connectivity index (χ2v) is 7.89. The summed E-state index contributed by atoms with van der Waals surface area (Å²) in [7, 11) is 0. The lowest BCUT2D eigenvalue weighted by molar-refractivity contribution is -0.118. The van der Waals surface area contributed by atoms with Crippen LogP contribution >= 0.6 is 0 Å². The van der Waals surface area contributed by atoms with Gasteiger partial charge in [-0.15, -0.1) is 5.10 Å². The predicted molar refractivity (Wildman–Crippen MR) is 118 cm³/mol. The third-order valence-electron chi connectivity index (χ3n) is 5.51. The topological polar surface area (TPSA) is 113 Å². The van der Waals surface area contributed by atoms with Gasteiger partial charge < -0.3 is 16.1 Å². The number of hydrogen-bond donors (Lipinski definition) is 4. The normalized spacial score (nSPS) is 17.6. The molecule has 1 aliphatic heterocycles. The summed E-state index contributed by atoms with van der Waals surface area (Å²) in [5.41, 5.74) is 9.14. The Morgan fingerprint density at radius 2 is 2.03 bits per heavy atom. The number of nitrogens with two attached hydrogens (primary N) is 1. The Hall–Kier alpha value is -3.11. The number of carbonyl (C=O) groups excluding carboxylic acids is 1. The Labute approximate surface area is 178 Å². The second kappa shape index (κ2) is 7.86. The fraction of sp³-hybridized carbons (Fsp3) is 0.286. The number of benzene rings is 2. The number of fused-ring (bicyclic) bond motifs is 1. The minimum absolute atomic E-state index is 0.312. The van der Waals surface area contributed by atoms with Crippen LogP contribution in [0.1, 0.15) is 12.1 Å². The quantitative estimate of drug-likeness (QED) is 0.476. The largest absolute Gasteiger partial charge is 0.447 e. The van der Waals surface area contributed by atoms with Gasteiger partial charge in [0.05, 0.1) is 18.3 Å². The maximum absolute atomic E-state index is 13.5. The molecule has 4 rings (SSSR count). The summed E-state index contributed by atoms with van der Waals surface area (Å²) in [6, 6.07) is 9.68. The van der Waals surface area contributed by atoms with Crippen molar-refractivity contribution in [2.24, 2.45) is 0 Å². The molecule has 1 aromatic heterocycles. The maximum Gasteiger partial charge on any atom is 0.320 e. The number of rotatable bonds is 4. The van der Waals surface area contributed by atoms with Crippen molar-refractivity contribution in [3.63, 3.8) is 0 Å². The molecule has 160 valence electrons. The zero-order chi connectivity index (χ0) is 22.3. The lowest BCUT2D eigenvalue weighted by Gasteiger charge is -2.17. The van der Waals surface area contributed by atoms with Gasteiger partial charge in [0.25, 0.3) is 5.92 Å². The van der Waals surface area contributed by atoms with Gasteiger partial charge in [-0.1, -0.05) is 25.0 Å². The first-order chi connectivity index (χ1) is 14.6. The van der Waals surface area contributed by atoms with E-state index in [0.717, 1.165) is 16.3 Å². The van der Waals surface area contributed by atoms with Crippen LogP contribution in [0.15, 0.2) is 36.4 Å². The highest BCUT2D eigenvalue weighted by Crippen LogP contribution is 2.33. The van der Waals surface area contributed by atoms with E-state index in [-0.39, 0.29) is 0 Å². The average Bonchev–Trinajstić information content (AvgIpc) is 3.10. The Morgan fingerprint density at radius 1 is 1.26 bits per heavy atom. The van der Waals surface area contributed by atoms with Gasteiger partial charge in [0, 0.05) is 28.4 Å². The van der Waals surface area contributed by atoms with Crippen molar-refractivity contribution in [2.75, 3.05) is 17.6 Å². The Bertz CT molecular complexity index is 1170. The third-order valence-corrected chi connectivity index (χ3v) is 5.51. The molecule has 0 radical (unpaired) electrons. The van der Waals surface area contributed by atoms with E-state index < -0.39 is 37.8 Å². The van der Waals surface area contributed by atoms with Crippen LogP contribution in [-0.4, -0.2) is 46.6 Å². The SMILES string of the molecule is CB(O)c1ccc(NC(=O)[C@H]2CC(F)(F)CN2)c(-c2ccc3c(N)nnc(C)c3c2)c1. The molecule has 0 unspecified atom stereocenters. The molecule has 3 aromatic rings. The monoisotopic (exact) mass is 425 g/mol. The molecule has 0 aliphatic carbocycles. The van der Waals surface area contributed by atoms with Gasteiger partial charge in [0.2, 0.25) is 5.91 Å². The molecule has 2 aromatic carbocycles. The van der Waals surface area contributed by atoms with Crippen LogP contribution in [0.25, 0.3) is 21.9 Å². The number of aromatic nitrogens is 2. The van der Waals surface area contributed by atoms with Crippen LogP contribution in [0.5, 0.6) is 0 Å². The van der Waals surface area contributed by atoms with Crippen molar-refractivity contribution in [2.45, 2.75) is 32.1 Å². The molecule has 2 heterocycles. The fourth-order valence-electron chi connectivity index (χ4n) is 3.76. The Balaban J connectivity index is 1.76. The molecule has 5 N–H and O–H groups in total. The molecule has 1 saturated heterocycles. The van der Waals surface area contributed by atoms with Crippen LogP contribution < -0.4 is 21.8 Å². The summed E-state index contributed by atoms with van der Waals surface area (Å²) in [5, 5.41) is 24.9. The van der Waals surface area contributed by atoms with Crippen molar-refractivity contribution in [1.82, 2.24) is 15.5 Å². The number of nitrogens with one attached hydrogen (secondary N) is 2. The molecule has 0 bridgehead atoms. The van der Waals surface area contributed by atoms with Crippen LogP contribution in [0.4, 0.5) is 20.3 Å². The molecule has 0 saturated carbocycles. The Morgan fingerprint density at radius 3 is 2.71 bits per heavy atom. The highest BCUT2D eigenvalue weighted by Gasteiger charge is 2.42. The first-order valence-electron chi connectivity index (χ1n) is 9.91. The molecule has 7 nitrogen and oxygen atoms in total. The number of hydrogen-bond acceptors (Lipinski definition) is 6. The summed E-state index contributed by atoms with van der Waals surface area (Å²) in [4.78, 5) is 12.6. The first-order valence-corrected chi connectivity index (χ1v) is 9.91. The number of nitrogen functional groups attached to an aromatic ring is 1. The molecular formula is C21H22BF2N5O2. The van der Waals surface area contributed by atoms with Crippen molar-refractivity contribution in [3.05, 3.63) is 42.1 Å². The Kier molecular flexibility index (Phi) is 5.36. The summed E-state index contributed by atoms with van der Waals surface area (Å²) >= 11 is 0. The van der Waals surface area contributed by atoms with Crippen molar-refractivity contribution < 1.29 is 18.6 Å². The van der Waals surface area contributed by atoms with Crippen molar-refractivity contribution >= 4 is 40.6 Å². The number of anilines is 2. The van der Waals surface area contributed by atoms with Gasteiger partial charge in [0.1, 0.15) is 0 Å². The molecule has 1 atom stereocenters. The van der Waals surface area contributed by atoms with Gasteiger partial charge in [0.15, 0.2) is 5.82 Å². The van der Waals surface area contributed by atoms with Crippen LogP contribution in [0.3, 0.4) is 0 Å². The number of amides is 1. The summed E-state index contributed by atoms with van der Waals surface area (Å²) < 4.78 is 27.0. The van der Waals surface area contributed by atoms with E-state index in [1.54, 1.807) is 25.0 Å². The minimum Gasteiger partial charge on any atom is -0.447 e. The third kappa shape index (κ3) is 4.21. The van der Waals surface area contributed by atoms with E-state index >= 15 is 0 Å². The highest BCUT2D eigenvalue weighted by atomic mass is 19.3. The van der Waals surface area contributed by atoms with Crippen molar-refractivity contribution in [3.8, 4) is 11.1 Å². The van der Waals surface area contributed by atoms with Crippen molar-refractivity contribution in [1.29, 1.82) is 0 Å². The minimum atomic E-state index is -2.90. The first kappa shape index (κ1) is 21.1. The van der Waals surface area contributed by atoms with Gasteiger partial charge in [-0.2, -0.15) is 5.10 Å². The number of halogens is 2. The lowest BCUT2D eigenvalue weighted by Crippen LogP contribution is -2.35. The summed E-state index contributed by atoms with van der Waals surface area (Å²) in [6.07, 6.45) is -0.549. The molecule has 31 heavy (non-hydrogen) atoms. The van der Waals surface area contributed by atoms with Gasteiger partial charge >= 0.3 is 6.92 Å². The van der Waals surface area contributed by atoms with Crippen LogP contribution in [0.2, 0.25) is 6.82 Å². The van der Waals surface area contributed by atoms with E-state index in [4.69, 9.17) is 5.73 Å². The lowest BCUT2D eigenvalue weighted by atomic mass is 9.64. The number of nitrogens with zero attached hydrogens (tertiary/aromatic N) is 2. The smallest absolute Gasteiger partial charge is 0.320 e. The average molecular weight is 425 g/mol. The molecule has 0 spiro atoms. The fourth-order valence-corrected chi connectivity index (χ4v) is 3.76. The van der Waals surface area contributed by atoms with E-state index in [0.29, 0.717) is 28.2 Å². The van der Waals surface area contributed by atoms with E-state index in [9.17, 15) is 18.6 Å². The molecule has 1 fully saturated rings. The van der Waals surface area contributed by atoms with Gasteiger partial charge in [-0.3, -0.25) is 10.1 Å². The maximum atomic E-state index is 13.5. The zero-order valence-corrected chi connectivity index (χ0v) is 17.1. The second-order valence-electron chi connectivity index (χ2n) is 7.89. The predicted octanol–water partition coefficient (Wildman–Crippen LogP) is 1.94.